The van der Waals surface area contributed by atoms with Gasteiger partial charge in [-0.3, -0.25) is 19.6 Å². The molecule has 1 aromatic heterocycles. The highest BCUT2D eigenvalue weighted by atomic mass is 19.1. The third-order valence-corrected chi connectivity index (χ3v) is 4.82. The van der Waals surface area contributed by atoms with Gasteiger partial charge in [0.15, 0.2) is 0 Å². The van der Waals surface area contributed by atoms with Crippen LogP contribution < -0.4 is 10.6 Å². The number of aromatic amines is 1. The molecular weight excluding hydrogens is 373 g/mol. The van der Waals surface area contributed by atoms with Crippen LogP contribution in [-0.4, -0.2) is 52.6 Å². The molecular formula is C21H28FN5O2. The van der Waals surface area contributed by atoms with E-state index < -0.39 is 6.04 Å². The highest BCUT2D eigenvalue weighted by molar-refractivity contribution is 5.88. The van der Waals surface area contributed by atoms with Crippen molar-refractivity contribution in [1.29, 1.82) is 0 Å². The van der Waals surface area contributed by atoms with E-state index in [1.165, 1.54) is 12.1 Å². The van der Waals surface area contributed by atoms with Gasteiger partial charge in [0, 0.05) is 37.3 Å². The number of nitrogens with zero attached hydrogens (tertiary/aromatic N) is 2. The highest BCUT2D eigenvalue weighted by Crippen LogP contribution is 2.22. The molecule has 7 nitrogen and oxygen atoms in total. The maximum absolute atomic E-state index is 13.2. The Hall–Kier alpha value is -2.74. The lowest BCUT2D eigenvalue weighted by Gasteiger charge is -2.38. The van der Waals surface area contributed by atoms with Crippen LogP contribution in [0.4, 0.5) is 4.39 Å². The van der Waals surface area contributed by atoms with Crippen LogP contribution in [-0.2, 0) is 16.1 Å². The number of piperazine rings is 1. The van der Waals surface area contributed by atoms with Crippen LogP contribution in [0.2, 0.25) is 0 Å². The van der Waals surface area contributed by atoms with Gasteiger partial charge in [-0.2, -0.15) is 5.10 Å². The lowest BCUT2D eigenvalue weighted by molar-refractivity contribution is -0.134. The third kappa shape index (κ3) is 5.63. The van der Waals surface area contributed by atoms with Gasteiger partial charge in [-0.05, 0) is 29.7 Å². The van der Waals surface area contributed by atoms with Gasteiger partial charge < -0.3 is 10.6 Å². The van der Waals surface area contributed by atoms with Gasteiger partial charge in [0.25, 0.3) is 0 Å². The molecule has 0 aliphatic carbocycles. The number of hydrogen-bond acceptors (Lipinski definition) is 4. The maximum Gasteiger partial charge on any atom is 0.237 e. The molecule has 2 amide bonds. The highest BCUT2D eigenvalue weighted by Gasteiger charge is 2.33. The van der Waals surface area contributed by atoms with Gasteiger partial charge >= 0.3 is 0 Å². The van der Waals surface area contributed by atoms with Crippen LogP contribution >= 0.6 is 0 Å². The Bertz CT molecular complexity index is 857. The summed E-state index contributed by atoms with van der Waals surface area (Å²) in [6.45, 7) is 8.70. The van der Waals surface area contributed by atoms with E-state index in [-0.39, 0.29) is 36.0 Å². The molecule has 2 heterocycles. The van der Waals surface area contributed by atoms with E-state index in [9.17, 15) is 14.0 Å². The van der Waals surface area contributed by atoms with Gasteiger partial charge in [0.2, 0.25) is 11.8 Å². The molecule has 0 bridgehead atoms. The Balaban J connectivity index is 1.62. The first-order chi connectivity index (χ1) is 13.7. The lowest BCUT2D eigenvalue weighted by Crippen LogP contribution is -2.58. The molecule has 1 aromatic carbocycles. The number of carbonyl (C=O) groups excluding carboxylic acids is 2. The van der Waals surface area contributed by atoms with Crippen LogP contribution in [0.25, 0.3) is 11.3 Å². The Morgan fingerprint density at radius 1 is 1.31 bits per heavy atom. The van der Waals surface area contributed by atoms with E-state index in [4.69, 9.17) is 0 Å². The molecule has 0 unspecified atom stereocenters. The van der Waals surface area contributed by atoms with E-state index >= 15 is 0 Å². The molecule has 1 atom stereocenters. The normalized spacial score (nSPS) is 17.8. The molecule has 156 valence electrons. The Morgan fingerprint density at radius 2 is 2.03 bits per heavy atom. The van der Waals surface area contributed by atoms with Crippen LogP contribution in [0.3, 0.4) is 0 Å². The van der Waals surface area contributed by atoms with Crippen molar-refractivity contribution in [2.45, 2.75) is 39.8 Å². The van der Waals surface area contributed by atoms with Crippen molar-refractivity contribution in [3.63, 3.8) is 0 Å². The number of nitrogens with one attached hydrogen (secondary N) is 3. The molecule has 3 N–H and O–H groups in total. The second kappa shape index (κ2) is 8.73. The predicted octanol–water partition coefficient (Wildman–Crippen LogP) is 2.07. The van der Waals surface area contributed by atoms with Crippen LogP contribution in [0, 0.1) is 11.2 Å². The number of benzene rings is 1. The van der Waals surface area contributed by atoms with Gasteiger partial charge in [-0.25, -0.2) is 4.39 Å². The minimum absolute atomic E-state index is 0.0349. The van der Waals surface area contributed by atoms with Crippen molar-refractivity contribution >= 4 is 11.8 Å². The van der Waals surface area contributed by atoms with E-state index in [1.807, 2.05) is 0 Å². The minimum Gasteiger partial charge on any atom is -0.353 e. The maximum atomic E-state index is 13.2. The third-order valence-electron chi connectivity index (χ3n) is 4.82. The fraction of sp³-hybridized carbons (Fsp3) is 0.476. The summed E-state index contributed by atoms with van der Waals surface area (Å²) in [6.07, 6.45) is 1.74. The van der Waals surface area contributed by atoms with E-state index in [1.54, 1.807) is 18.3 Å². The van der Waals surface area contributed by atoms with Gasteiger partial charge in [-0.1, -0.05) is 20.8 Å². The quantitative estimate of drug-likeness (QED) is 0.691. The number of H-pyrrole nitrogens is 1. The molecule has 8 heteroatoms. The van der Waals surface area contributed by atoms with E-state index in [0.717, 1.165) is 29.9 Å². The molecule has 3 rings (SSSR count). The summed E-state index contributed by atoms with van der Waals surface area (Å²) in [5.74, 6) is -0.614. The Morgan fingerprint density at radius 3 is 2.72 bits per heavy atom. The molecule has 1 fully saturated rings. The first-order valence-electron chi connectivity index (χ1n) is 9.79. The fourth-order valence-corrected chi connectivity index (χ4v) is 3.54. The van der Waals surface area contributed by atoms with Crippen molar-refractivity contribution in [3.8, 4) is 11.3 Å². The summed E-state index contributed by atoms with van der Waals surface area (Å²) >= 11 is 0. The molecule has 29 heavy (non-hydrogen) atoms. The number of amides is 2. The molecule has 0 radical (unpaired) electrons. The van der Waals surface area contributed by atoms with Crippen LogP contribution in [0.1, 0.15) is 32.8 Å². The predicted molar refractivity (Wildman–Crippen MR) is 108 cm³/mol. The zero-order valence-electron chi connectivity index (χ0n) is 17.1. The molecule has 0 saturated carbocycles. The first kappa shape index (κ1) is 21.0. The van der Waals surface area contributed by atoms with Gasteiger partial charge in [0.1, 0.15) is 5.82 Å². The Kier molecular flexibility index (Phi) is 6.32. The van der Waals surface area contributed by atoms with Crippen molar-refractivity contribution < 1.29 is 14.0 Å². The SMILES string of the molecule is CC(C)(C)CN1CCNC(=O)[C@@H]1CC(=O)NCc1cn[nH]c1-c1ccc(F)cc1. The van der Waals surface area contributed by atoms with E-state index in [0.29, 0.717) is 6.54 Å². The topological polar surface area (TPSA) is 90.1 Å². The average Bonchev–Trinajstić information content (AvgIpc) is 3.11. The van der Waals surface area contributed by atoms with Crippen molar-refractivity contribution in [3.05, 3.63) is 41.8 Å². The first-order valence-corrected chi connectivity index (χ1v) is 9.79. The molecule has 1 aliphatic heterocycles. The summed E-state index contributed by atoms with van der Waals surface area (Å²) < 4.78 is 13.2. The molecule has 1 saturated heterocycles. The zero-order chi connectivity index (χ0) is 21.0. The largest absolute Gasteiger partial charge is 0.353 e. The monoisotopic (exact) mass is 401 g/mol. The number of rotatable bonds is 6. The molecule has 0 spiro atoms. The summed E-state index contributed by atoms with van der Waals surface area (Å²) in [6, 6.07) is 5.60. The standard InChI is InChI=1S/C21H28FN5O2/c1-21(2,3)13-27-9-8-23-20(29)17(27)10-18(28)24-11-15-12-25-26-19(15)14-4-6-16(22)7-5-14/h4-7,12,17H,8-11,13H2,1-3H3,(H,23,29)(H,24,28)(H,25,26)/t17-/m0/s1. The number of aromatic nitrogens is 2. The minimum atomic E-state index is -0.469. The number of hydrogen-bond donors (Lipinski definition) is 3. The van der Waals surface area contributed by atoms with Gasteiger partial charge in [-0.15, -0.1) is 0 Å². The van der Waals surface area contributed by atoms with Crippen LogP contribution in [0.15, 0.2) is 30.5 Å². The van der Waals surface area contributed by atoms with E-state index in [2.05, 4.69) is 46.5 Å². The zero-order valence-corrected chi connectivity index (χ0v) is 17.1. The fourth-order valence-electron chi connectivity index (χ4n) is 3.54. The lowest BCUT2D eigenvalue weighted by atomic mass is 9.94. The van der Waals surface area contributed by atoms with Crippen molar-refractivity contribution in [1.82, 2.24) is 25.7 Å². The smallest absolute Gasteiger partial charge is 0.237 e. The average molecular weight is 401 g/mol. The second-order valence-corrected chi connectivity index (χ2v) is 8.60. The summed E-state index contributed by atoms with van der Waals surface area (Å²) in [5, 5.41) is 12.7. The van der Waals surface area contributed by atoms with Gasteiger partial charge in [0.05, 0.1) is 24.4 Å². The van der Waals surface area contributed by atoms with Crippen molar-refractivity contribution in [2.75, 3.05) is 19.6 Å². The second-order valence-electron chi connectivity index (χ2n) is 8.60. The molecule has 2 aromatic rings. The summed E-state index contributed by atoms with van der Waals surface area (Å²) in [4.78, 5) is 27.0. The summed E-state index contributed by atoms with van der Waals surface area (Å²) in [5.41, 5.74) is 2.35. The van der Waals surface area contributed by atoms with Crippen LogP contribution in [0.5, 0.6) is 0 Å². The summed E-state index contributed by atoms with van der Waals surface area (Å²) in [7, 11) is 0. The molecule has 1 aliphatic rings. The Labute approximate surface area is 170 Å². The van der Waals surface area contributed by atoms with Crippen molar-refractivity contribution in [2.24, 2.45) is 5.41 Å². The number of halogens is 1. The number of carbonyl (C=O) groups is 2.